The monoisotopic (exact) mass is 417 g/mol. The number of hydrogen-bond donors (Lipinski definition) is 0. The Morgan fingerprint density at radius 2 is 1.77 bits per heavy atom. The van der Waals surface area contributed by atoms with E-state index in [-0.39, 0.29) is 17.9 Å². The van der Waals surface area contributed by atoms with Crippen LogP contribution in [0.3, 0.4) is 0 Å². The first-order chi connectivity index (χ1) is 14.6. The van der Waals surface area contributed by atoms with Crippen LogP contribution in [0.25, 0.3) is 32.7 Å². The van der Waals surface area contributed by atoms with Crippen LogP contribution in [-0.2, 0) is 6.54 Å². The third-order valence-electron chi connectivity index (χ3n) is 4.91. The maximum absolute atomic E-state index is 13.2. The molecule has 0 N–H and O–H groups in total. The molecular formula is C23H16FN3O2S. The van der Waals surface area contributed by atoms with Gasteiger partial charge in [0.2, 0.25) is 5.89 Å². The number of hydrogen-bond acceptors (Lipinski definition) is 5. The molecule has 5 nitrogen and oxygen atoms in total. The summed E-state index contributed by atoms with van der Waals surface area (Å²) in [5, 5.41) is 2.56. The minimum absolute atomic E-state index is 0.140. The molecule has 7 heteroatoms. The lowest BCUT2D eigenvalue weighted by molar-refractivity contribution is 0.484. The van der Waals surface area contributed by atoms with Gasteiger partial charge in [-0.1, -0.05) is 29.8 Å². The van der Waals surface area contributed by atoms with E-state index in [1.54, 1.807) is 18.3 Å². The summed E-state index contributed by atoms with van der Waals surface area (Å²) >= 11 is 1.45. The van der Waals surface area contributed by atoms with Gasteiger partial charge in [-0.2, -0.15) is 0 Å². The minimum atomic E-state index is -0.315. The van der Waals surface area contributed by atoms with Gasteiger partial charge >= 0.3 is 0 Å². The van der Waals surface area contributed by atoms with Gasteiger partial charge in [-0.15, -0.1) is 11.3 Å². The van der Waals surface area contributed by atoms with Crippen LogP contribution in [0.15, 0.2) is 75.6 Å². The van der Waals surface area contributed by atoms with Crippen LogP contribution >= 0.6 is 11.3 Å². The molecule has 5 aromatic rings. The lowest BCUT2D eigenvalue weighted by Crippen LogP contribution is -2.21. The smallest absolute Gasteiger partial charge is 0.263 e. The third-order valence-corrected chi connectivity index (χ3v) is 5.80. The minimum Gasteiger partial charge on any atom is -0.439 e. The van der Waals surface area contributed by atoms with Crippen molar-refractivity contribution < 1.29 is 8.81 Å². The molecule has 0 spiro atoms. The Morgan fingerprint density at radius 1 is 1.03 bits per heavy atom. The molecule has 0 aliphatic carbocycles. The first-order valence-electron chi connectivity index (χ1n) is 9.33. The number of oxazole rings is 1. The van der Waals surface area contributed by atoms with Crippen molar-refractivity contribution in [1.29, 1.82) is 0 Å². The molecule has 2 aromatic carbocycles. The van der Waals surface area contributed by atoms with Crippen molar-refractivity contribution in [3.8, 4) is 22.5 Å². The summed E-state index contributed by atoms with van der Waals surface area (Å²) in [6.45, 7) is 2.19. The van der Waals surface area contributed by atoms with E-state index in [1.807, 2.05) is 36.6 Å². The highest BCUT2D eigenvalue weighted by Crippen LogP contribution is 2.30. The molecule has 0 bridgehead atoms. The van der Waals surface area contributed by atoms with Crippen LogP contribution in [0.1, 0.15) is 11.5 Å². The quantitative estimate of drug-likeness (QED) is 0.399. The molecule has 0 aliphatic rings. The van der Waals surface area contributed by atoms with Crippen LogP contribution in [0.5, 0.6) is 0 Å². The maximum Gasteiger partial charge on any atom is 0.263 e. The second-order valence-corrected chi connectivity index (χ2v) is 7.86. The fraction of sp³-hybridized carbons (Fsp3) is 0.0870. The summed E-state index contributed by atoms with van der Waals surface area (Å²) in [7, 11) is 0. The molecule has 3 heterocycles. The van der Waals surface area contributed by atoms with Crippen molar-refractivity contribution in [2.75, 3.05) is 0 Å². The molecule has 0 aliphatic heterocycles. The van der Waals surface area contributed by atoms with Crippen molar-refractivity contribution in [2.24, 2.45) is 0 Å². The summed E-state index contributed by atoms with van der Waals surface area (Å²) in [6, 6.07) is 14.0. The summed E-state index contributed by atoms with van der Waals surface area (Å²) in [4.78, 5) is 22.6. The molecule has 5 rings (SSSR count). The standard InChI is InChI=1S/C23H16FN3O2S/c1-14-2-4-15(5-3-14)18-12-30-22-21(18)23(28)27(13-26-22)11-20-25-10-19(29-20)16-6-8-17(24)9-7-16/h2-10,12-13H,11H2,1H3. The molecule has 0 fully saturated rings. The predicted molar refractivity (Wildman–Crippen MR) is 115 cm³/mol. The average Bonchev–Trinajstić information content (AvgIpc) is 3.39. The topological polar surface area (TPSA) is 60.9 Å². The van der Waals surface area contributed by atoms with Crippen molar-refractivity contribution in [2.45, 2.75) is 13.5 Å². The number of rotatable bonds is 4. The Morgan fingerprint density at radius 3 is 2.53 bits per heavy atom. The van der Waals surface area contributed by atoms with Gasteiger partial charge in [0.25, 0.3) is 5.56 Å². The van der Waals surface area contributed by atoms with E-state index in [0.717, 1.165) is 22.3 Å². The molecular weight excluding hydrogens is 401 g/mol. The Balaban J connectivity index is 1.50. The van der Waals surface area contributed by atoms with Gasteiger partial charge in [0.05, 0.1) is 17.9 Å². The molecule has 0 saturated heterocycles. The molecule has 0 radical (unpaired) electrons. The van der Waals surface area contributed by atoms with E-state index in [2.05, 4.69) is 9.97 Å². The Kier molecular flexibility index (Phi) is 4.52. The number of fused-ring (bicyclic) bond motifs is 1. The zero-order valence-electron chi connectivity index (χ0n) is 16.0. The van der Waals surface area contributed by atoms with Crippen LogP contribution in [-0.4, -0.2) is 14.5 Å². The van der Waals surface area contributed by atoms with E-state index >= 15 is 0 Å². The zero-order chi connectivity index (χ0) is 20.7. The van der Waals surface area contributed by atoms with Crippen LogP contribution in [0, 0.1) is 12.7 Å². The van der Waals surface area contributed by atoms with Gasteiger partial charge < -0.3 is 4.42 Å². The van der Waals surface area contributed by atoms with Crippen LogP contribution < -0.4 is 5.56 Å². The van der Waals surface area contributed by atoms with Crippen molar-refractivity contribution in [1.82, 2.24) is 14.5 Å². The fourth-order valence-corrected chi connectivity index (χ4v) is 4.21. The molecule has 0 atom stereocenters. The molecule has 0 saturated carbocycles. The Hall–Kier alpha value is -3.58. The second kappa shape index (κ2) is 7.35. The predicted octanol–water partition coefficient (Wildman–Crippen LogP) is 5.28. The molecule has 0 unspecified atom stereocenters. The number of aryl methyl sites for hydroxylation is 1. The molecule has 3 aromatic heterocycles. The maximum atomic E-state index is 13.2. The molecule has 30 heavy (non-hydrogen) atoms. The lowest BCUT2D eigenvalue weighted by atomic mass is 10.1. The summed E-state index contributed by atoms with van der Waals surface area (Å²) < 4.78 is 20.4. The fourth-order valence-electron chi connectivity index (χ4n) is 3.30. The number of halogens is 1. The summed E-state index contributed by atoms with van der Waals surface area (Å²) in [5.41, 5.74) is 3.60. The van der Waals surface area contributed by atoms with Gasteiger partial charge in [0.1, 0.15) is 17.2 Å². The van der Waals surface area contributed by atoms with Gasteiger partial charge in [-0.05, 0) is 36.8 Å². The summed E-state index contributed by atoms with van der Waals surface area (Å²) in [5.74, 6) is 0.581. The van der Waals surface area contributed by atoms with E-state index in [4.69, 9.17) is 4.42 Å². The first-order valence-corrected chi connectivity index (χ1v) is 10.2. The second-order valence-electron chi connectivity index (χ2n) is 7.00. The van der Waals surface area contributed by atoms with E-state index < -0.39 is 0 Å². The zero-order valence-corrected chi connectivity index (χ0v) is 16.8. The average molecular weight is 417 g/mol. The molecule has 148 valence electrons. The number of aromatic nitrogens is 3. The highest BCUT2D eigenvalue weighted by atomic mass is 32.1. The van der Waals surface area contributed by atoms with Crippen molar-refractivity contribution >= 4 is 21.6 Å². The van der Waals surface area contributed by atoms with Gasteiger partial charge in [-0.25, -0.2) is 14.4 Å². The number of thiophene rings is 1. The van der Waals surface area contributed by atoms with Crippen LogP contribution in [0.4, 0.5) is 4.39 Å². The van der Waals surface area contributed by atoms with Crippen molar-refractivity contribution in [3.63, 3.8) is 0 Å². The number of benzene rings is 2. The SMILES string of the molecule is Cc1ccc(-c2csc3ncn(Cc4ncc(-c5ccc(F)cc5)o4)c(=O)c23)cc1. The Labute approximate surface area is 175 Å². The highest BCUT2D eigenvalue weighted by Gasteiger charge is 2.15. The van der Waals surface area contributed by atoms with E-state index in [0.29, 0.717) is 21.9 Å². The van der Waals surface area contributed by atoms with Gasteiger partial charge in [0, 0.05) is 16.5 Å². The third kappa shape index (κ3) is 3.33. The first kappa shape index (κ1) is 18.4. The van der Waals surface area contributed by atoms with Crippen molar-refractivity contribution in [3.05, 3.63) is 94.1 Å². The van der Waals surface area contributed by atoms with Gasteiger partial charge in [-0.3, -0.25) is 9.36 Å². The lowest BCUT2D eigenvalue weighted by Gasteiger charge is -2.04. The largest absolute Gasteiger partial charge is 0.439 e. The van der Waals surface area contributed by atoms with E-state index in [1.165, 1.54) is 34.4 Å². The van der Waals surface area contributed by atoms with Crippen LogP contribution in [0.2, 0.25) is 0 Å². The molecule has 0 amide bonds. The van der Waals surface area contributed by atoms with E-state index in [9.17, 15) is 9.18 Å². The Bertz CT molecular complexity index is 1400. The highest BCUT2D eigenvalue weighted by molar-refractivity contribution is 7.17. The summed E-state index contributed by atoms with van der Waals surface area (Å²) in [6.07, 6.45) is 3.09. The number of nitrogens with zero attached hydrogens (tertiary/aromatic N) is 3. The van der Waals surface area contributed by atoms with Gasteiger partial charge in [0.15, 0.2) is 5.76 Å². The normalized spacial score (nSPS) is 11.3.